The Kier molecular flexibility index (Phi) is 6.52. The molecule has 1 saturated heterocycles. The molecule has 0 spiro atoms. The number of methoxy groups -OCH3 is 2. The average Bonchev–Trinajstić information content (AvgIpc) is 3.42. The van der Waals surface area contributed by atoms with Crippen LogP contribution in [0, 0.1) is 5.92 Å². The summed E-state index contributed by atoms with van der Waals surface area (Å²) in [5.74, 6) is 3.11. The maximum Gasteiger partial charge on any atom is 0.257 e. The predicted molar refractivity (Wildman–Crippen MR) is 109 cm³/mol. The second kappa shape index (κ2) is 9.47. The van der Waals surface area contributed by atoms with E-state index >= 15 is 0 Å². The first kappa shape index (κ1) is 20.7. The van der Waals surface area contributed by atoms with E-state index in [2.05, 4.69) is 10.1 Å². The van der Waals surface area contributed by atoms with E-state index in [1.165, 1.54) is 25.7 Å². The fourth-order valence-corrected chi connectivity index (χ4v) is 4.07. The van der Waals surface area contributed by atoms with Gasteiger partial charge in [-0.1, -0.05) is 18.0 Å². The molecular formula is C22H29N3O5. The number of hydrogen-bond acceptors (Lipinski definition) is 7. The SMILES string of the molecule is COc1ccc(C(=O)N2CC(c3nc(CCOCC4CCCC4)no3)C2)c(OC)c1. The van der Waals surface area contributed by atoms with Gasteiger partial charge in [-0.15, -0.1) is 0 Å². The number of ether oxygens (including phenoxy) is 3. The molecule has 0 bridgehead atoms. The normalized spacial score (nSPS) is 17.2. The highest BCUT2D eigenvalue weighted by Crippen LogP contribution is 2.31. The van der Waals surface area contributed by atoms with Crippen LogP contribution in [-0.2, 0) is 11.2 Å². The molecule has 8 nitrogen and oxygen atoms in total. The summed E-state index contributed by atoms with van der Waals surface area (Å²) in [7, 11) is 3.12. The molecule has 4 rings (SSSR count). The molecule has 0 atom stereocenters. The molecule has 0 unspecified atom stereocenters. The third-order valence-corrected chi connectivity index (χ3v) is 5.94. The molecule has 2 aromatic rings. The molecule has 1 aliphatic carbocycles. The van der Waals surface area contributed by atoms with E-state index < -0.39 is 0 Å². The summed E-state index contributed by atoms with van der Waals surface area (Å²) in [6.07, 6.45) is 5.87. The predicted octanol–water partition coefficient (Wildman–Crippen LogP) is 3.08. The Labute approximate surface area is 176 Å². The van der Waals surface area contributed by atoms with Gasteiger partial charge >= 0.3 is 0 Å². The molecule has 30 heavy (non-hydrogen) atoms. The summed E-state index contributed by atoms with van der Waals surface area (Å²) < 4.78 is 21.7. The number of nitrogens with zero attached hydrogens (tertiary/aromatic N) is 3. The topological polar surface area (TPSA) is 86.9 Å². The van der Waals surface area contributed by atoms with Crippen LogP contribution < -0.4 is 9.47 Å². The number of carbonyl (C=O) groups is 1. The molecule has 162 valence electrons. The van der Waals surface area contributed by atoms with Crippen molar-refractivity contribution in [2.45, 2.75) is 38.0 Å². The fraction of sp³-hybridized carbons (Fsp3) is 0.591. The zero-order chi connectivity index (χ0) is 20.9. The largest absolute Gasteiger partial charge is 0.497 e. The average molecular weight is 415 g/mol. The lowest BCUT2D eigenvalue weighted by atomic mass is 9.98. The number of carbonyl (C=O) groups excluding carboxylic acids is 1. The number of rotatable bonds is 9. The van der Waals surface area contributed by atoms with Crippen molar-refractivity contribution in [1.82, 2.24) is 15.0 Å². The first-order valence-corrected chi connectivity index (χ1v) is 10.6. The fourth-order valence-electron chi connectivity index (χ4n) is 4.07. The highest BCUT2D eigenvalue weighted by Gasteiger charge is 2.36. The summed E-state index contributed by atoms with van der Waals surface area (Å²) in [5, 5.41) is 4.06. The highest BCUT2D eigenvalue weighted by molar-refractivity contribution is 5.97. The van der Waals surface area contributed by atoms with Gasteiger partial charge in [-0.2, -0.15) is 4.98 Å². The summed E-state index contributed by atoms with van der Waals surface area (Å²) in [4.78, 5) is 19.0. The minimum absolute atomic E-state index is 0.0684. The van der Waals surface area contributed by atoms with Gasteiger partial charge < -0.3 is 23.6 Å². The standard InChI is InChI=1S/C22H29N3O5/c1-27-17-7-8-18(19(11-17)28-2)22(26)25-12-16(13-25)21-23-20(24-30-21)9-10-29-14-15-5-3-4-6-15/h7-8,11,15-16H,3-6,9-10,12-14H2,1-2H3. The minimum Gasteiger partial charge on any atom is -0.497 e. The van der Waals surface area contributed by atoms with Gasteiger partial charge in [0, 0.05) is 32.2 Å². The van der Waals surface area contributed by atoms with Crippen LogP contribution in [0.2, 0.25) is 0 Å². The van der Waals surface area contributed by atoms with E-state index in [1.807, 2.05) is 0 Å². The molecule has 1 aliphatic heterocycles. The third kappa shape index (κ3) is 4.59. The van der Waals surface area contributed by atoms with Gasteiger partial charge in [0.2, 0.25) is 5.89 Å². The van der Waals surface area contributed by atoms with Crippen LogP contribution in [0.5, 0.6) is 11.5 Å². The maximum absolute atomic E-state index is 12.8. The van der Waals surface area contributed by atoms with Crippen molar-refractivity contribution in [2.24, 2.45) is 5.92 Å². The molecule has 0 radical (unpaired) electrons. The second-order valence-electron chi connectivity index (χ2n) is 8.00. The van der Waals surface area contributed by atoms with E-state index in [0.717, 1.165) is 6.61 Å². The van der Waals surface area contributed by atoms with Gasteiger partial charge in [0.1, 0.15) is 11.5 Å². The zero-order valence-corrected chi connectivity index (χ0v) is 17.6. The van der Waals surface area contributed by atoms with Crippen LogP contribution in [0.3, 0.4) is 0 Å². The Bertz CT molecular complexity index is 856. The molecule has 1 aromatic heterocycles. The van der Waals surface area contributed by atoms with Crippen molar-refractivity contribution in [3.05, 3.63) is 35.5 Å². The van der Waals surface area contributed by atoms with Gasteiger partial charge in [0.05, 0.1) is 32.3 Å². The molecule has 8 heteroatoms. The van der Waals surface area contributed by atoms with Crippen LogP contribution in [0.25, 0.3) is 0 Å². The monoisotopic (exact) mass is 415 g/mol. The maximum atomic E-state index is 12.8. The summed E-state index contributed by atoms with van der Waals surface area (Å²) in [6, 6.07) is 5.19. The number of benzene rings is 1. The van der Waals surface area contributed by atoms with E-state index in [9.17, 15) is 4.79 Å². The highest BCUT2D eigenvalue weighted by atomic mass is 16.5. The number of aromatic nitrogens is 2. The summed E-state index contributed by atoms with van der Waals surface area (Å²) in [6.45, 7) is 2.54. The van der Waals surface area contributed by atoms with Crippen LogP contribution in [0.4, 0.5) is 0 Å². The van der Waals surface area contributed by atoms with Crippen molar-refractivity contribution in [3.8, 4) is 11.5 Å². The summed E-state index contributed by atoms with van der Waals surface area (Å²) in [5.41, 5.74) is 0.516. The van der Waals surface area contributed by atoms with Crippen LogP contribution in [-0.4, -0.2) is 61.5 Å². The van der Waals surface area contributed by atoms with Crippen LogP contribution >= 0.6 is 0 Å². The Morgan fingerprint density at radius 2 is 2.00 bits per heavy atom. The van der Waals surface area contributed by atoms with Crippen molar-refractivity contribution < 1.29 is 23.5 Å². The zero-order valence-electron chi connectivity index (χ0n) is 17.6. The Hall–Kier alpha value is -2.61. The minimum atomic E-state index is -0.0780. The van der Waals surface area contributed by atoms with E-state index in [0.29, 0.717) is 60.8 Å². The molecular weight excluding hydrogens is 386 g/mol. The molecule has 2 aliphatic rings. The van der Waals surface area contributed by atoms with Gasteiger partial charge in [0.15, 0.2) is 5.82 Å². The van der Waals surface area contributed by atoms with Gasteiger partial charge in [-0.05, 0) is 30.9 Å². The molecule has 1 aromatic carbocycles. The lowest BCUT2D eigenvalue weighted by Gasteiger charge is -2.37. The van der Waals surface area contributed by atoms with Crippen molar-refractivity contribution in [1.29, 1.82) is 0 Å². The van der Waals surface area contributed by atoms with Crippen LogP contribution in [0.1, 0.15) is 53.7 Å². The second-order valence-corrected chi connectivity index (χ2v) is 8.00. The van der Waals surface area contributed by atoms with E-state index in [1.54, 1.807) is 37.3 Å². The number of amides is 1. The molecule has 1 saturated carbocycles. The smallest absolute Gasteiger partial charge is 0.257 e. The molecule has 1 amide bonds. The van der Waals surface area contributed by atoms with Crippen molar-refractivity contribution in [3.63, 3.8) is 0 Å². The van der Waals surface area contributed by atoms with Gasteiger partial charge in [-0.3, -0.25) is 4.79 Å². The first-order chi connectivity index (χ1) is 14.7. The van der Waals surface area contributed by atoms with E-state index in [-0.39, 0.29) is 11.8 Å². The Balaban J connectivity index is 1.25. The van der Waals surface area contributed by atoms with Crippen molar-refractivity contribution in [2.75, 3.05) is 40.5 Å². The Morgan fingerprint density at radius 1 is 1.20 bits per heavy atom. The van der Waals surface area contributed by atoms with Crippen molar-refractivity contribution >= 4 is 5.91 Å². The summed E-state index contributed by atoms with van der Waals surface area (Å²) >= 11 is 0. The lowest BCUT2D eigenvalue weighted by Crippen LogP contribution is -2.48. The Morgan fingerprint density at radius 3 is 2.73 bits per heavy atom. The van der Waals surface area contributed by atoms with E-state index in [4.69, 9.17) is 18.7 Å². The van der Waals surface area contributed by atoms with Gasteiger partial charge in [-0.25, -0.2) is 0 Å². The lowest BCUT2D eigenvalue weighted by molar-refractivity contribution is 0.0566. The van der Waals surface area contributed by atoms with Crippen LogP contribution in [0.15, 0.2) is 22.7 Å². The third-order valence-electron chi connectivity index (χ3n) is 5.94. The molecule has 0 N–H and O–H groups in total. The number of likely N-dealkylation sites (tertiary alicyclic amines) is 1. The molecule has 2 fully saturated rings. The number of hydrogen-bond donors (Lipinski definition) is 0. The quantitative estimate of drug-likeness (QED) is 0.582. The van der Waals surface area contributed by atoms with Gasteiger partial charge in [0.25, 0.3) is 5.91 Å². The first-order valence-electron chi connectivity index (χ1n) is 10.6. The molecule has 2 heterocycles.